The third-order valence-corrected chi connectivity index (χ3v) is 2.92. The molecule has 1 atom stereocenters. The smallest absolute Gasteiger partial charge is 0.371 e. The van der Waals surface area contributed by atoms with Crippen molar-refractivity contribution >= 4 is 11.9 Å². The van der Waals surface area contributed by atoms with E-state index >= 15 is 0 Å². The topological polar surface area (TPSA) is 79.5 Å². The number of carboxylic acids is 1. The van der Waals surface area contributed by atoms with Crippen LogP contribution in [0.2, 0.25) is 0 Å². The standard InChI is InChI=1S/C14H21NO4/c1-3-5-7-10(6-4-2)15-13(16)11-8-9-12(19-11)14(17)18/h8-10H,3-7H2,1-2H3,(H,15,16)(H,17,18). The molecule has 5 nitrogen and oxygen atoms in total. The summed E-state index contributed by atoms with van der Waals surface area (Å²) in [4.78, 5) is 22.6. The number of unbranched alkanes of at least 4 members (excludes halogenated alkanes) is 1. The van der Waals surface area contributed by atoms with Gasteiger partial charge in [-0.2, -0.15) is 0 Å². The first-order chi connectivity index (χ1) is 9.08. The summed E-state index contributed by atoms with van der Waals surface area (Å²) in [6, 6.07) is 2.80. The number of carbonyl (C=O) groups is 2. The number of hydrogen-bond acceptors (Lipinski definition) is 3. The summed E-state index contributed by atoms with van der Waals surface area (Å²) in [5.41, 5.74) is 0. The van der Waals surface area contributed by atoms with Crippen molar-refractivity contribution in [1.29, 1.82) is 0 Å². The van der Waals surface area contributed by atoms with E-state index in [1.807, 2.05) is 0 Å². The van der Waals surface area contributed by atoms with E-state index in [-0.39, 0.29) is 23.5 Å². The Labute approximate surface area is 113 Å². The maximum atomic E-state index is 11.9. The predicted molar refractivity (Wildman–Crippen MR) is 71.4 cm³/mol. The Morgan fingerprint density at radius 2 is 1.89 bits per heavy atom. The van der Waals surface area contributed by atoms with Crippen molar-refractivity contribution < 1.29 is 19.1 Å². The lowest BCUT2D eigenvalue weighted by molar-refractivity contribution is 0.0659. The first-order valence-electron chi connectivity index (χ1n) is 6.72. The van der Waals surface area contributed by atoms with Crippen LogP contribution >= 0.6 is 0 Å². The van der Waals surface area contributed by atoms with Gasteiger partial charge in [0, 0.05) is 6.04 Å². The van der Waals surface area contributed by atoms with Gasteiger partial charge in [0.25, 0.3) is 5.91 Å². The molecule has 19 heavy (non-hydrogen) atoms. The van der Waals surface area contributed by atoms with Crippen LogP contribution in [-0.2, 0) is 0 Å². The number of rotatable bonds is 8. The summed E-state index contributed by atoms with van der Waals surface area (Å²) < 4.78 is 4.98. The molecule has 0 saturated heterocycles. The zero-order valence-corrected chi connectivity index (χ0v) is 11.4. The molecular weight excluding hydrogens is 246 g/mol. The van der Waals surface area contributed by atoms with Gasteiger partial charge in [-0.15, -0.1) is 0 Å². The van der Waals surface area contributed by atoms with Gasteiger partial charge in [-0.25, -0.2) is 4.79 Å². The Balaban J connectivity index is 2.61. The van der Waals surface area contributed by atoms with Gasteiger partial charge in [-0.05, 0) is 25.0 Å². The Hall–Kier alpha value is -1.78. The second-order valence-electron chi connectivity index (χ2n) is 4.57. The summed E-state index contributed by atoms with van der Waals surface area (Å²) in [6.45, 7) is 4.18. The number of aromatic carboxylic acids is 1. The number of carbonyl (C=O) groups excluding carboxylic acids is 1. The summed E-state index contributed by atoms with van der Waals surface area (Å²) in [7, 11) is 0. The fourth-order valence-electron chi connectivity index (χ4n) is 1.92. The molecule has 2 N–H and O–H groups in total. The third-order valence-electron chi connectivity index (χ3n) is 2.92. The lowest BCUT2D eigenvalue weighted by atomic mass is 10.1. The number of hydrogen-bond donors (Lipinski definition) is 2. The highest BCUT2D eigenvalue weighted by Crippen LogP contribution is 2.11. The highest BCUT2D eigenvalue weighted by Gasteiger charge is 2.17. The molecule has 0 saturated carbocycles. The molecule has 1 aromatic heterocycles. The minimum absolute atomic E-state index is 0.0509. The monoisotopic (exact) mass is 267 g/mol. The molecule has 106 valence electrons. The zero-order valence-electron chi connectivity index (χ0n) is 11.4. The molecule has 0 aliphatic rings. The van der Waals surface area contributed by atoms with Gasteiger partial charge in [0.05, 0.1) is 0 Å². The maximum absolute atomic E-state index is 11.9. The Bertz CT molecular complexity index is 425. The van der Waals surface area contributed by atoms with Crippen LogP contribution in [0, 0.1) is 0 Å². The molecule has 0 bridgehead atoms. The quantitative estimate of drug-likeness (QED) is 0.758. The van der Waals surface area contributed by atoms with E-state index in [2.05, 4.69) is 19.2 Å². The summed E-state index contributed by atoms with van der Waals surface area (Å²) in [5.74, 6) is -1.68. The second kappa shape index (κ2) is 7.61. The van der Waals surface area contributed by atoms with Crippen LogP contribution < -0.4 is 5.32 Å². The minimum Gasteiger partial charge on any atom is -0.475 e. The van der Waals surface area contributed by atoms with Crippen LogP contribution in [0.5, 0.6) is 0 Å². The van der Waals surface area contributed by atoms with Gasteiger partial charge in [0.15, 0.2) is 5.76 Å². The summed E-state index contributed by atoms with van der Waals surface area (Å²) in [6.07, 6.45) is 4.98. The molecule has 1 heterocycles. The van der Waals surface area contributed by atoms with Crippen molar-refractivity contribution in [2.75, 3.05) is 0 Å². The average molecular weight is 267 g/mol. The van der Waals surface area contributed by atoms with E-state index < -0.39 is 5.97 Å². The van der Waals surface area contributed by atoms with Crippen LogP contribution in [0.25, 0.3) is 0 Å². The van der Waals surface area contributed by atoms with Crippen LogP contribution in [0.4, 0.5) is 0 Å². The van der Waals surface area contributed by atoms with Gasteiger partial charge in [0.1, 0.15) is 0 Å². The Kier molecular flexibility index (Phi) is 6.12. The Morgan fingerprint density at radius 1 is 1.21 bits per heavy atom. The number of carboxylic acid groups (broad SMARTS) is 1. The van der Waals surface area contributed by atoms with Gasteiger partial charge < -0.3 is 14.8 Å². The molecule has 0 radical (unpaired) electrons. The van der Waals surface area contributed by atoms with E-state index in [9.17, 15) is 9.59 Å². The van der Waals surface area contributed by atoms with Crippen LogP contribution in [0.1, 0.15) is 67.1 Å². The third kappa shape index (κ3) is 4.77. The van der Waals surface area contributed by atoms with Gasteiger partial charge in [-0.1, -0.05) is 33.1 Å². The van der Waals surface area contributed by atoms with Gasteiger partial charge in [0.2, 0.25) is 5.76 Å². The van der Waals surface area contributed by atoms with E-state index in [0.29, 0.717) is 0 Å². The molecule has 1 rings (SSSR count). The zero-order chi connectivity index (χ0) is 14.3. The highest BCUT2D eigenvalue weighted by atomic mass is 16.4. The fourth-order valence-corrected chi connectivity index (χ4v) is 1.92. The van der Waals surface area contributed by atoms with Crippen molar-refractivity contribution in [2.45, 2.75) is 52.0 Å². The summed E-state index contributed by atoms with van der Waals surface area (Å²) >= 11 is 0. The van der Waals surface area contributed by atoms with E-state index in [4.69, 9.17) is 9.52 Å². The Morgan fingerprint density at radius 3 is 2.42 bits per heavy atom. The molecule has 0 fully saturated rings. The first kappa shape index (κ1) is 15.3. The van der Waals surface area contributed by atoms with Crippen LogP contribution in [0.15, 0.2) is 16.5 Å². The molecule has 0 aliphatic heterocycles. The van der Waals surface area contributed by atoms with Crippen LogP contribution in [0.3, 0.4) is 0 Å². The van der Waals surface area contributed by atoms with Crippen LogP contribution in [-0.4, -0.2) is 23.0 Å². The lowest BCUT2D eigenvalue weighted by Crippen LogP contribution is -2.34. The second-order valence-corrected chi connectivity index (χ2v) is 4.57. The van der Waals surface area contributed by atoms with Gasteiger partial charge >= 0.3 is 5.97 Å². The molecule has 0 aliphatic carbocycles. The highest BCUT2D eigenvalue weighted by molar-refractivity contribution is 5.93. The van der Waals surface area contributed by atoms with E-state index in [1.54, 1.807) is 0 Å². The largest absolute Gasteiger partial charge is 0.475 e. The number of furan rings is 1. The van der Waals surface area contributed by atoms with Crippen molar-refractivity contribution in [3.8, 4) is 0 Å². The van der Waals surface area contributed by atoms with E-state index in [1.165, 1.54) is 12.1 Å². The molecule has 0 spiro atoms. The molecule has 1 amide bonds. The molecule has 5 heteroatoms. The number of amides is 1. The van der Waals surface area contributed by atoms with Crippen molar-refractivity contribution in [1.82, 2.24) is 5.32 Å². The maximum Gasteiger partial charge on any atom is 0.371 e. The molecular formula is C14H21NO4. The van der Waals surface area contributed by atoms with Crippen molar-refractivity contribution in [2.24, 2.45) is 0 Å². The summed E-state index contributed by atoms with van der Waals surface area (Å²) in [5, 5.41) is 11.6. The molecule has 1 unspecified atom stereocenters. The minimum atomic E-state index is -1.17. The first-order valence-corrected chi connectivity index (χ1v) is 6.72. The van der Waals surface area contributed by atoms with Crippen molar-refractivity contribution in [3.05, 3.63) is 23.7 Å². The molecule has 1 aromatic rings. The number of nitrogens with one attached hydrogen (secondary N) is 1. The normalized spacial score (nSPS) is 12.1. The SMILES string of the molecule is CCCCC(CCC)NC(=O)c1ccc(C(=O)O)o1. The molecule has 0 aromatic carbocycles. The van der Waals surface area contributed by atoms with Crippen molar-refractivity contribution in [3.63, 3.8) is 0 Å². The predicted octanol–water partition coefficient (Wildman–Crippen LogP) is 3.07. The van der Waals surface area contributed by atoms with Gasteiger partial charge in [-0.3, -0.25) is 4.79 Å². The lowest BCUT2D eigenvalue weighted by Gasteiger charge is -2.16. The fraction of sp³-hybridized carbons (Fsp3) is 0.571. The average Bonchev–Trinajstić information content (AvgIpc) is 2.86. The van der Waals surface area contributed by atoms with E-state index in [0.717, 1.165) is 32.1 Å².